The molecule has 4 heterocycles. The third-order valence-electron chi connectivity index (χ3n) is 4.86. The van der Waals surface area contributed by atoms with Gasteiger partial charge in [-0.1, -0.05) is 6.07 Å². The minimum absolute atomic E-state index is 0.296. The maximum absolute atomic E-state index is 5.20. The average molecular weight is 364 g/mol. The zero-order valence-electron chi connectivity index (χ0n) is 15.5. The van der Waals surface area contributed by atoms with Gasteiger partial charge >= 0.3 is 0 Å². The molecule has 1 atom stereocenters. The molecule has 7 nitrogen and oxygen atoms in total. The van der Waals surface area contributed by atoms with Gasteiger partial charge in [-0.05, 0) is 37.1 Å². The highest BCUT2D eigenvalue weighted by Gasteiger charge is 2.27. The molecule has 0 spiro atoms. The average Bonchev–Trinajstić information content (AvgIpc) is 3.18. The van der Waals surface area contributed by atoms with E-state index in [9.17, 15) is 0 Å². The van der Waals surface area contributed by atoms with Crippen molar-refractivity contribution in [2.75, 3.05) is 31.7 Å². The minimum atomic E-state index is 0.296. The van der Waals surface area contributed by atoms with E-state index in [1.54, 1.807) is 13.3 Å². The molecule has 0 bridgehead atoms. The fourth-order valence-electron chi connectivity index (χ4n) is 3.54. The van der Waals surface area contributed by atoms with Crippen LogP contribution in [-0.4, -0.2) is 51.5 Å². The lowest BCUT2D eigenvalue weighted by atomic mass is 9.97. The molecule has 0 amide bonds. The SMILES string of the molecule is COCCc1nc(C2CCCN(c3ccccn3)C2)n(-c2cccnc2)n1. The van der Waals surface area contributed by atoms with E-state index < -0.39 is 0 Å². The summed E-state index contributed by atoms with van der Waals surface area (Å²) < 4.78 is 7.15. The lowest BCUT2D eigenvalue weighted by Crippen LogP contribution is -2.35. The number of nitrogens with zero attached hydrogens (tertiary/aromatic N) is 6. The molecular formula is C20H24N6O. The predicted octanol–water partition coefficient (Wildman–Crippen LogP) is 2.63. The van der Waals surface area contributed by atoms with Gasteiger partial charge in [-0.15, -0.1) is 0 Å². The van der Waals surface area contributed by atoms with Crippen molar-refractivity contribution >= 4 is 5.82 Å². The number of hydrogen-bond acceptors (Lipinski definition) is 6. The first kappa shape index (κ1) is 17.6. The zero-order valence-corrected chi connectivity index (χ0v) is 15.5. The van der Waals surface area contributed by atoms with E-state index in [0.29, 0.717) is 18.9 Å². The van der Waals surface area contributed by atoms with Crippen molar-refractivity contribution in [2.24, 2.45) is 0 Å². The van der Waals surface area contributed by atoms with Gasteiger partial charge in [0, 0.05) is 44.9 Å². The lowest BCUT2D eigenvalue weighted by Gasteiger charge is -2.33. The summed E-state index contributed by atoms with van der Waals surface area (Å²) in [7, 11) is 1.70. The quantitative estimate of drug-likeness (QED) is 0.670. The summed E-state index contributed by atoms with van der Waals surface area (Å²) in [4.78, 5) is 16.0. The number of anilines is 1. The van der Waals surface area contributed by atoms with Gasteiger partial charge in [0.1, 0.15) is 11.6 Å². The number of methoxy groups -OCH3 is 1. The first-order valence-electron chi connectivity index (χ1n) is 9.36. The second kappa shape index (κ2) is 8.26. The fourth-order valence-corrected chi connectivity index (χ4v) is 3.54. The van der Waals surface area contributed by atoms with Crippen molar-refractivity contribution < 1.29 is 4.74 Å². The van der Waals surface area contributed by atoms with E-state index in [1.807, 2.05) is 41.3 Å². The lowest BCUT2D eigenvalue weighted by molar-refractivity contribution is 0.200. The Bertz CT molecular complexity index is 851. The molecule has 0 aromatic carbocycles. The van der Waals surface area contributed by atoms with Crippen molar-refractivity contribution in [1.29, 1.82) is 0 Å². The van der Waals surface area contributed by atoms with Gasteiger partial charge in [-0.3, -0.25) is 4.98 Å². The molecule has 1 unspecified atom stereocenters. The van der Waals surface area contributed by atoms with Crippen LogP contribution in [0.3, 0.4) is 0 Å². The molecule has 1 fully saturated rings. The third-order valence-corrected chi connectivity index (χ3v) is 4.86. The first-order valence-corrected chi connectivity index (χ1v) is 9.36. The van der Waals surface area contributed by atoms with Crippen LogP contribution >= 0.6 is 0 Å². The smallest absolute Gasteiger partial charge is 0.153 e. The van der Waals surface area contributed by atoms with Crippen LogP contribution in [0.4, 0.5) is 5.82 Å². The Labute approximate surface area is 159 Å². The molecule has 0 N–H and O–H groups in total. The molecule has 140 valence electrons. The highest BCUT2D eigenvalue weighted by Crippen LogP contribution is 2.29. The van der Waals surface area contributed by atoms with E-state index in [1.165, 1.54) is 0 Å². The highest BCUT2D eigenvalue weighted by molar-refractivity contribution is 5.39. The molecule has 0 saturated carbocycles. The van der Waals surface area contributed by atoms with Gasteiger partial charge in [-0.2, -0.15) is 5.10 Å². The van der Waals surface area contributed by atoms with Crippen LogP contribution in [-0.2, 0) is 11.2 Å². The normalized spacial score (nSPS) is 17.2. The van der Waals surface area contributed by atoms with Gasteiger partial charge in [0.15, 0.2) is 5.82 Å². The molecule has 0 radical (unpaired) electrons. The number of aromatic nitrogens is 5. The molecule has 1 aliphatic rings. The van der Waals surface area contributed by atoms with Crippen LogP contribution < -0.4 is 4.90 Å². The molecule has 3 aromatic heterocycles. The molecule has 7 heteroatoms. The van der Waals surface area contributed by atoms with Gasteiger partial charge in [0.2, 0.25) is 0 Å². The van der Waals surface area contributed by atoms with Crippen LogP contribution in [0.2, 0.25) is 0 Å². The summed E-state index contributed by atoms with van der Waals surface area (Å²) in [6.07, 6.45) is 8.35. The molecule has 27 heavy (non-hydrogen) atoms. The summed E-state index contributed by atoms with van der Waals surface area (Å²) in [5, 5.41) is 4.74. The zero-order chi connectivity index (χ0) is 18.5. The van der Waals surface area contributed by atoms with E-state index >= 15 is 0 Å². The summed E-state index contributed by atoms with van der Waals surface area (Å²) in [5.41, 5.74) is 0.943. The van der Waals surface area contributed by atoms with E-state index in [0.717, 1.165) is 49.1 Å². The van der Waals surface area contributed by atoms with Crippen LogP contribution in [0.25, 0.3) is 5.69 Å². The molecular weight excluding hydrogens is 340 g/mol. The Kier molecular flexibility index (Phi) is 5.39. The Balaban J connectivity index is 1.64. The maximum atomic E-state index is 5.20. The Morgan fingerprint density at radius 2 is 2.15 bits per heavy atom. The second-order valence-corrected chi connectivity index (χ2v) is 6.73. The number of piperidine rings is 1. The maximum Gasteiger partial charge on any atom is 0.153 e. The van der Waals surface area contributed by atoms with Crippen LogP contribution in [0, 0.1) is 0 Å². The van der Waals surface area contributed by atoms with E-state index in [4.69, 9.17) is 14.8 Å². The Morgan fingerprint density at radius 3 is 2.93 bits per heavy atom. The Hall–Kier alpha value is -2.80. The van der Waals surface area contributed by atoms with Crippen molar-refractivity contribution in [2.45, 2.75) is 25.2 Å². The monoisotopic (exact) mass is 364 g/mol. The molecule has 3 aromatic rings. The van der Waals surface area contributed by atoms with Gasteiger partial charge in [0.05, 0.1) is 18.5 Å². The van der Waals surface area contributed by atoms with Crippen LogP contribution in [0.15, 0.2) is 48.9 Å². The molecule has 1 aliphatic heterocycles. The summed E-state index contributed by atoms with van der Waals surface area (Å²) in [5.74, 6) is 3.12. The first-order chi connectivity index (χ1) is 13.3. The number of rotatable bonds is 6. The van der Waals surface area contributed by atoms with Crippen molar-refractivity contribution in [1.82, 2.24) is 24.7 Å². The highest BCUT2D eigenvalue weighted by atomic mass is 16.5. The van der Waals surface area contributed by atoms with Gasteiger partial charge < -0.3 is 9.64 Å². The number of hydrogen-bond donors (Lipinski definition) is 0. The van der Waals surface area contributed by atoms with Crippen LogP contribution in [0.1, 0.15) is 30.4 Å². The minimum Gasteiger partial charge on any atom is -0.384 e. The van der Waals surface area contributed by atoms with Gasteiger partial charge in [-0.25, -0.2) is 14.6 Å². The fraction of sp³-hybridized carbons (Fsp3) is 0.400. The largest absolute Gasteiger partial charge is 0.384 e. The number of ether oxygens (including phenoxy) is 1. The summed E-state index contributed by atoms with van der Waals surface area (Å²) in [6.45, 7) is 2.52. The van der Waals surface area contributed by atoms with E-state index in [2.05, 4.69) is 20.9 Å². The molecule has 1 saturated heterocycles. The standard InChI is InChI=1S/C20H24N6O/c1-27-13-9-18-23-20(26(24-18)17-7-4-10-21-14-17)16-6-5-12-25(15-16)19-8-2-3-11-22-19/h2-4,7-8,10-11,14,16H,5-6,9,12-13,15H2,1H3. The van der Waals surface area contributed by atoms with Crippen LogP contribution in [0.5, 0.6) is 0 Å². The summed E-state index contributed by atoms with van der Waals surface area (Å²) in [6, 6.07) is 10.00. The third kappa shape index (κ3) is 3.98. The topological polar surface area (TPSA) is 69.0 Å². The Morgan fingerprint density at radius 1 is 1.19 bits per heavy atom. The molecule has 0 aliphatic carbocycles. The number of pyridine rings is 2. The van der Waals surface area contributed by atoms with Crippen molar-refractivity contribution in [3.8, 4) is 5.69 Å². The van der Waals surface area contributed by atoms with Gasteiger partial charge in [0.25, 0.3) is 0 Å². The van der Waals surface area contributed by atoms with Crippen molar-refractivity contribution in [3.05, 3.63) is 60.6 Å². The van der Waals surface area contributed by atoms with Crippen molar-refractivity contribution in [3.63, 3.8) is 0 Å². The second-order valence-electron chi connectivity index (χ2n) is 6.73. The summed E-state index contributed by atoms with van der Waals surface area (Å²) >= 11 is 0. The molecule has 4 rings (SSSR count). The predicted molar refractivity (Wildman–Crippen MR) is 103 cm³/mol. The van der Waals surface area contributed by atoms with E-state index in [-0.39, 0.29) is 0 Å².